The van der Waals surface area contributed by atoms with Crippen molar-refractivity contribution in [2.45, 2.75) is 0 Å². The summed E-state index contributed by atoms with van der Waals surface area (Å²) in [6.07, 6.45) is 5.16. The Morgan fingerprint density at radius 2 is 2.00 bits per heavy atom. The minimum absolute atomic E-state index is 0.228. The zero-order chi connectivity index (χ0) is 19.3. The smallest absolute Gasteiger partial charge is 0.277 e. The van der Waals surface area contributed by atoms with E-state index in [0.717, 1.165) is 12.1 Å². The van der Waals surface area contributed by atoms with Crippen molar-refractivity contribution < 1.29 is 27.9 Å². The van der Waals surface area contributed by atoms with Gasteiger partial charge in [0.15, 0.2) is 11.6 Å². The van der Waals surface area contributed by atoms with Crippen molar-refractivity contribution in [3.05, 3.63) is 57.9 Å². The molecule has 0 fully saturated rings. The van der Waals surface area contributed by atoms with Crippen LogP contribution in [0.2, 0.25) is 5.02 Å². The number of carbonyl (C=O) groups excluding carboxylic acids is 1. The van der Waals surface area contributed by atoms with E-state index in [2.05, 4.69) is 16.1 Å². The zero-order valence-electron chi connectivity index (χ0n) is 13.1. The molecule has 2 rings (SSSR count). The Morgan fingerprint density at radius 1 is 1.27 bits per heavy atom. The van der Waals surface area contributed by atoms with Gasteiger partial charge in [0.25, 0.3) is 5.91 Å². The standard InChI is InChI=1S/C17H12ClF3N2O3/c1-2-9-3-4-13(12(19)7-9)22-16-10(17(25)23-26-6-5-24)8-11(18)14(20)15(16)21/h1,3-4,7-8,22,24H,5-6H2,(H,23,25). The number of hydrogen-bond donors (Lipinski definition) is 3. The van der Waals surface area contributed by atoms with E-state index < -0.39 is 39.6 Å². The largest absolute Gasteiger partial charge is 0.394 e. The van der Waals surface area contributed by atoms with Gasteiger partial charge in [0.2, 0.25) is 0 Å². The van der Waals surface area contributed by atoms with Crippen LogP contribution in [0.25, 0.3) is 0 Å². The molecule has 0 unspecified atom stereocenters. The molecule has 5 nitrogen and oxygen atoms in total. The second-order valence-electron chi connectivity index (χ2n) is 4.88. The fraction of sp³-hybridized carbons (Fsp3) is 0.118. The molecule has 0 radical (unpaired) electrons. The van der Waals surface area contributed by atoms with Crippen LogP contribution in [0.4, 0.5) is 24.5 Å². The molecule has 0 aromatic heterocycles. The summed E-state index contributed by atoms with van der Waals surface area (Å²) in [6, 6.07) is 4.45. The van der Waals surface area contributed by atoms with Crippen LogP contribution < -0.4 is 10.8 Å². The Labute approximate surface area is 151 Å². The molecule has 3 N–H and O–H groups in total. The summed E-state index contributed by atoms with van der Waals surface area (Å²) in [6.45, 7) is -0.606. The molecule has 2 aromatic rings. The zero-order valence-corrected chi connectivity index (χ0v) is 13.8. The molecule has 0 aliphatic carbocycles. The average molecular weight is 385 g/mol. The van der Waals surface area contributed by atoms with E-state index in [4.69, 9.17) is 23.1 Å². The van der Waals surface area contributed by atoms with Crippen LogP contribution in [-0.2, 0) is 4.84 Å². The summed E-state index contributed by atoms with van der Waals surface area (Å²) >= 11 is 5.57. The van der Waals surface area contributed by atoms with Crippen LogP contribution >= 0.6 is 11.6 Å². The molecule has 0 heterocycles. The van der Waals surface area contributed by atoms with Gasteiger partial charge in [-0.05, 0) is 24.3 Å². The molecule has 0 saturated carbocycles. The van der Waals surface area contributed by atoms with Crippen molar-refractivity contribution in [2.75, 3.05) is 18.5 Å². The number of anilines is 2. The van der Waals surface area contributed by atoms with Gasteiger partial charge in [-0.3, -0.25) is 9.63 Å². The monoisotopic (exact) mass is 384 g/mol. The van der Waals surface area contributed by atoms with E-state index in [0.29, 0.717) is 0 Å². The fourth-order valence-corrected chi connectivity index (χ4v) is 2.15. The molecule has 0 saturated heterocycles. The molecular weight excluding hydrogens is 373 g/mol. The van der Waals surface area contributed by atoms with Gasteiger partial charge in [0, 0.05) is 5.56 Å². The second kappa shape index (κ2) is 8.58. The predicted octanol–water partition coefficient (Wildman–Crippen LogP) is 3.14. The molecular formula is C17H12ClF3N2O3. The number of hydroxylamine groups is 1. The van der Waals surface area contributed by atoms with Crippen LogP contribution in [0.5, 0.6) is 0 Å². The number of halogens is 4. The molecule has 0 aliphatic heterocycles. The lowest BCUT2D eigenvalue weighted by Crippen LogP contribution is -2.26. The van der Waals surface area contributed by atoms with Crippen LogP contribution in [0.3, 0.4) is 0 Å². The van der Waals surface area contributed by atoms with Gasteiger partial charge in [-0.1, -0.05) is 17.5 Å². The van der Waals surface area contributed by atoms with E-state index in [1.165, 1.54) is 12.1 Å². The summed E-state index contributed by atoms with van der Waals surface area (Å²) in [5.41, 5.74) is 0.840. The first-order valence-electron chi connectivity index (χ1n) is 7.12. The van der Waals surface area contributed by atoms with Gasteiger partial charge < -0.3 is 10.4 Å². The van der Waals surface area contributed by atoms with Gasteiger partial charge >= 0.3 is 0 Å². The van der Waals surface area contributed by atoms with Gasteiger partial charge in [0.05, 0.1) is 35.2 Å². The van der Waals surface area contributed by atoms with Crippen LogP contribution in [-0.4, -0.2) is 24.2 Å². The minimum atomic E-state index is -1.48. The first-order chi connectivity index (χ1) is 12.4. The van der Waals surface area contributed by atoms with Gasteiger partial charge in [-0.2, -0.15) is 0 Å². The van der Waals surface area contributed by atoms with Crippen molar-refractivity contribution >= 4 is 28.9 Å². The highest BCUT2D eigenvalue weighted by Gasteiger charge is 2.23. The van der Waals surface area contributed by atoms with Crippen LogP contribution in [0.1, 0.15) is 15.9 Å². The van der Waals surface area contributed by atoms with Crippen LogP contribution in [0, 0.1) is 29.8 Å². The number of carbonyl (C=O) groups is 1. The number of aliphatic hydroxyl groups excluding tert-OH is 1. The second-order valence-corrected chi connectivity index (χ2v) is 5.28. The topological polar surface area (TPSA) is 70.6 Å². The lowest BCUT2D eigenvalue weighted by atomic mass is 10.1. The van der Waals surface area contributed by atoms with Gasteiger partial charge in [-0.15, -0.1) is 6.42 Å². The Bertz CT molecular complexity index is 885. The maximum Gasteiger partial charge on any atom is 0.277 e. The van der Waals surface area contributed by atoms with E-state index in [-0.39, 0.29) is 24.5 Å². The van der Waals surface area contributed by atoms with Crippen molar-refractivity contribution in [1.29, 1.82) is 0 Å². The maximum absolute atomic E-state index is 14.3. The van der Waals surface area contributed by atoms with Gasteiger partial charge in [0.1, 0.15) is 5.82 Å². The summed E-state index contributed by atoms with van der Waals surface area (Å²) in [5, 5.41) is 10.3. The number of rotatable bonds is 6. The third-order valence-electron chi connectivity index (χ3n) is 3.16. The highest BCUT2D eigenvalue weighted by molar-refractivity contribution is 6.31. The van der Waals surface area contributed by atoms with E-state index in [1.807, 2.05) is 5.48 Å². The number of aliphatic hydroxyl groups is 1. The fourth-order valence-electron chi connectivity index (χ4n) is 1.95. The molecule has 9 heteroatoms. The first-order valence-corrected chi connectivity index (χ1v) is 7.50. The summed E-state index contributed by atoms with van der Waals surface area (Å²) in [5.74, 6) is -2.49. The van der Waals surface area contributed by atoms with Gasteiger partial charge in [-0.25, -0.2) is 18.7 Å². The third-order valence-corrected chi connectivity index (χ3v) is 3.44. The number of nitrogens with one attached hydrogen (secondary N) is 2. The van der Waals surface area contributed by atoms with Crippen molar-refractivity contribution in [1.82, 2.24) is 5.48 Å². The van der Waals surface area contributed by atoms with E-state index in [1.54, 1.807) is 0 Å². The van der Waals surface area contributed by atoms with Crippen molar-refractivity contribution in [3.63, 3.8) is 0 Å². The number of terminal acetylenes is 1. The lowest BCUT2D eigenvalue weighted by molar-refractivity contribution is 0.0168. The summed E-state index contributed by atoms with van der Waals surface area (Å²) < 4.78 is 42.2. The highest BCUT2D eigenvalue weighted by atomic mass is 35.5. The summed E-state index contributed by atoms with van der Waals surface area (Å²) in [7, 11) is 0. The van der Waals surface area contributed by atoms with E-state index >= 15 is 0 Å². The molecule has 1 amide bonds. The molecule has 0 spiro atoms. The highest BCUT2D eigenvalue weighted by Crippen LogP contribution is 2.32. The quantitative estimate of drug-likeness (QED) is 0.310. The van der Waals surface area contributed by atoms with Crippen molar-refractivity contribution in [3.8, 4) is 12.3 Å². The van der Waals surface area contributed by atoms with Crippen molar-refractivity contribution in [2.24, 2.45) is 0 Å². The molecule has 26 heavy (non-hydrogen) atoms. The Hall–Kier alpha value is -2.73. The first kappa shape index (κ1) is 19.6. The molecule has 0 atom stereocenters. The van der Waals surface area contributed by atoms with Crippen LogP contribution in [0.15, 0.2) is 24.3 Å². The Morgan fingerprint density at radius 3 is 2.62 bits per heavy atom. The maximum atomic E-state index is 14.3. The Balaban J connectivity index is 2.44. The number of amides is 1. The number of hydrogen-bond acceptors (Lipinski definition) is 4. The molecule has 2 aromatic carbocycles. The Kier molecular flexibility index (Phi) is 6.46. The molecule has 136 valence electrons. The van der Waals surface area contributed by atoms with E-state index in [9.17, 15) is 18.0 Å². The number of benzene rings is 2. The SMILES string of the molecule is C#Cc1ccc(Nc2c(C(=O)NOCCO)cc(Cl)c(F)c2F)c(F)c1. The minimum Gasteiger partial charge on any atom is -0.394 e. The lowest BCUT2D eigenvalue weighted by Gasteiger charge is -2.15. The normalized spacial score (nSPS) is 10.3. The molecule has 0 aliphatic rings. The average Bonchev–Trinajstić information content (AvgIpc) is 2.63. The third kappa shape index (κ3) is 4.26. The predicted molar refractivity (Wildman–Crippen MR) is 89.5 cm³/mol. The molecule has 0 bridgehead atoms. The summed E-state index contributed by atoms with van der Waals surface area (Å²) in [4.78, 5) is 16.7.